The van der Waals surface area contributed by atoms with E-state index in [-0.39, 0.29) is 23.4 Å². The number of aliphatic imine (C=N–C) groups is 1. The summed E-state index contributed by atoms with van der Waals surface area (Å²) in [6.07, 6.45) is 0.580. The highest BCUT2D eigenvalue weighted by Crippen LogP contribution is 2.20. The van der Waals surface area contributed by atoms with Crippen LogP contribution in [0.5, 0.6) is 0 Å². The first-order valence-corrected chi connectivity index (χ1v) is 10.4. The maximum absolute atomic E-state index is 14.3. The Bertz CT molecular complexity index is 717. The number of rotatable bonds is 6. The van der Waals surface area contributed by atoms with Crippen LogP contribution < -0.4 is 15.5 Å². The Morgan fingerprint density at radius 3 is 2.60 bits per heavy atom. The van der Waals surface area contributed by atoms with Gasteiger partial charge in [-0.3, -0.25) is 4.99 Å². The van der Waals surface area contributed by atoms with Gasteiger partial charge < -0.3 is 15.5 Å². The molecule has 1 aliphatic rings. The largest absolute Gasteiger partial charge is 0.370 e. The van der Waals surface area contributed by atoms with Crippen LogP contribution >= 0.6 is 0 Å². The van der Waals surface area contributed by atoms with E-state index in [1.54, 1.807) is 13.1 Å². The first-order valence-electron chi connectivity index (χ1n) is 8.59. The Hall–Kier alpha value is -1.83. The summed E-state index contributed by atoms with van der Waals surface area (Å²) in [5.74, 6) is 0.615. The molecule has 0 saturated carbocycles. The predicted molar refractivity (Wildman–Crippen MR) is 100 cm³/mol. The normalized spacial score (nSPS) is 19.7. The number of hydrogen-bond acceptors (Lipinski definition) is 4. The van der Waals surface area contributed by atoms with E-state index in [4.69, 9.17) is 0 Å². The second-order valence-corrected chi connectivity index (χ2v) is 8.36. The van der Waals surface area contributed by atoms with Crippen LogP contribution in [-0.2, 0) is 16.4 Å². The van der Waals surface area contributed by atoms with Gasteiger partial charge in [0.1, 0.15) is 5.82 Å². The van der Waals surface area contributed by atoms with Gasteiger partial charge in [0.25, 0.3) is 0 Å². The maximum Gasteiger partial charge on any atom is 0.191 e. The molecule has 1 aliphatic heterocycles. The molecule has 2 N–H and O–H groups in total. The molecule has 1 heterocycles. The first-order chi connectivity index (χ1) is 11.9. The standard InChI is InChI=1S/C17H27FN4O2S/c1-4-22(5-2)16-7-6-13(10-15(16)18)11-20-17(19-3)21-14-8-9-25(23,24)12-14/h6-7,10,14H,4-5,8-9,11-12H2,1-3H3,(H2,19,20,21). The van der Waals surface area contributed by atoms with Crippen molar-refractivity contribution in [1.82, 2.24) is 10.6 Å². The summed E-state index contributed by atoms with van der Waals surface area (Å²) in [6, 6.07) is 5.07. The average Bonchev–Trinajstić information content (AvgIpc) is 2.92. The highest BCUT2D eigenvalue weighted by Gasteiger charge is 2.28. The van der Waals surface area contributed by atoms with Crippen LogP contribution in [0.3, 0.4) is 0 Å². The maximum atomic E-state index is 14.3. The van der Waals surface area contributed by atoms with Crippen LogP contribution in [0.2, 0.25) is 0 Å². The van der Waals surface area contributed by atoms with Gasteiger partial charge in [0.05, 0.1) is 17.2 Å². The Morgan fingerprint density at radius 1 is 1.36 bits per heavy atom. The second-order valence-electron chi connectivity index (χ2n) is 6.13. The van der Waals surface area contributed by atoms with Crippen molar-refractivity contribution in [2.45, 2.75) is 32.9 Å². The fraction of sp³-hybridized carbons (Fsp3) is 0.588. The highest BCUT2D eigenvalue weighted by molar-refractivity contribution is 7.91. The van der Waals surface area contributed by atoms with Crippen molar-refractivity contribution in [3.05, 3.63) is 29.6 Å². The van der Waals surface area contributed by atoms with E-state index in [0.29, 0.717) is 24.6 Å². The van der Waals surface area contributed by atoms with Gasteiger partial charge >= 0.3 is 0 Å². The summed E-state index contributed by atoms with van der Waals surface area (Å²) in [7, 11) is -1.31. The molecule has 25 heavy (non-hydrogen) atoms. The third-order valence-corrected chi connectivity index (χ3v) is 6.14. The van der Waals surface area contributed by atoms with E-state index in [1.807, 2.05) is 24.8 Å². The molecule has 1 atom stereocenters. The van der Waals surface area contributed by atoms with Gasteiger partial charge in [0.2, 0.25) is 0 Å². The van der Waals surface area contributed by atoms with E-state index >= 15 is 0 Å². The van der Waals surface area contributed by atoms with E-state index < -0.39 is 9.84 Å². The van der Waals surface area contributed by atoms with Crippen LogP contribution in [0, 0.1) is 5.82 Å². The van der Waals surface area contributed by atoms with Crippen molar-refractivity contribution in [3.63, 3.8) is 0 Å². The van der Waals surface area contributed by atoms with Gasteiger partial charge in [-0.25, -0.2) is 12.8 Å². The van der Waals surface area contributed by atoms with Crippen molar-refractivity contribution in [1.29, 1.82) is 0 Å². The Balaban J connectivity index is 1.94. The lowest BCUT2D eigenvalue weighted by Gasteiger charge is -2.22. The first kappa shape index (κ1) is 19.5. The van der Waals surface area contributed by atoms with Crippen LogP contribution in [0.1, 0.15) is 25.8 Å². The number of guanidine groups is 1. The van der Waals surface area contributed by atoms with E-state index in [0.717, 1.165) is 18.7 Å². The molecule has 0 amide bonds. The number of nitrogens with one attached hydrogen (secondary N) is 2. The average molecular weight is 370 g/mol. The van der Waals surface area contributed by atoms with Crippen LogP contribution in [0.15, 0.2) is 23.2 Å². The molecule has 6 nitrogen and oxygen atoms in total. The van der Waals surface area contributed by atoms with Crippen molar-refractivity contribution in [3.8, 4) is 0 Å². The molecule has 140 valence electrons. The van der Waals surface area contributed by atoms with Gasteiger partial charge in [-0.05, 0) is 38.0 Å². The molecular weight excluding hydrogens is 343 g/mol. The molecule has 1 fully saturated rings. The van der Waals surface area contributed by atoms with Gasteiger partial charge in [-0.2, -0.15) is 0 Å². The zero-order chi connectivity index (χ0) is 18.4. The SMILES string of the molecule is CCN(CC)c1ccc(CNC(=NC)NC2CCS(=O)(=O)C2)cc1F. The lowest BCUT2D eigenvalue weighted by atomic mass is 10.1. The third kappa shape index (κ3) is 5.32. The molecule has 0 aromatic heterocycles. The minimum absolute atomic E-state index is 0.126. The molecule has 1 aromatic carbocycles. The van der Waals surface area contributed by atoms with Crippen molar-refractivity contribution in [2.75, 3.05) is 36.5 Å². The molecule has 2 rings (SSSR count). The zero-order valence-corrected chi connectivity index (χ0v) is 15.9. The molecule has 1 aromatic rings. The molecule has 1 saturated heterocycles. The smallest absolute Gasteiger partial charge is 0.191 e. The lowest BCUT2D eigenvalue weighted by molar-refractivity contribution is 0.599. The third-order valence-electron chi connectivity index (χ3n) is 4.37. The minimum Gasteiger partial charge on any atom is -0.370 e. The van der Waals surface area contributed by atoms with Gasteiger partial charge in [0, 0.05) is 32.7 Å². The summed E-state index contributed by atoms with van der Waals surface area (Å²) >= 11 is 0. The molecule has 8 heteroatoms. The van der Waals surface area contributed by atoms with E-state index in [1.165, 1.54) is 6.07 Å². The summed E-state index contributed by atoms with van der Waals surface area (Å²) < 4.78 is 37.3. The van der Waals surface area contributed by atoms with Crippen molar-refractivity contribution < 1.29 is 12.8 Å². The number of hydrogen-bond donors (Lipinski definition) is 2. The summed E-state index contributed by atoms with van der Waals surface area (Å²) in [4.78, 5) is 6.07. The van der Waals surface area contributed by atoms with Crippen LogP contribution in [-0.4, -0.2) is 52.1 Å². The van der Waals surface area contributed by atoms with E-state index in [9.17, 15) is 12.8 Å². The fourth-order valence-corrected chi connectivity index (χ4v) is 4.64. The second kappa shape index (κ2) is 8.51. The summed E-state index contributed by atoms with van der Waals surface area (Å²) in [5.41, 5.74) is 1.41. The molecule has 0 spiro atoms. The van der Waals surface area contributed by atoms with Crippen molar-refractivity contribution in [2.24, 2.45) is 4.99 Å². The van der Waals surface area contributed by atoms with E-state index in [2.05, 4.69) is 15.6 Å². The number of nitrogens with zero attached hydrogens (tertiary/aromatic N) is 2. The number of anilines is 1. The number of sulfone groups is 1. The van der Waals surface area contributed by atoms with Gasteiger partial charge in [-0.15, -0.1) is 0 Å². The highest BCUT2D eigenvalue weighted by atomic mass is 32.2. The number of benzene rings is 1. The van der Waals surface area contributed by atoms with Crippen molar-refractivity contribution >= 4 is 21.5 Å². The van der Waals surface area contributed by atoms with Gasteiger partial charge in [0.15, 0.2) is 15.8 Å². The van der Waals surface area contributed by atoms with Crippen LogP contribution in [0.25, 0.3) is 0 Å². The minimum atomic E-state index is -2.94. The molecular formula is C17H27FN4O2S. The van der Waals surface area contributed by atoms with Crippen LogP contribution in [0.4, 0.5) is 10.1 Å². The molecule has 0 radical (unpaired) electrons. The Labute approximate surface area is 149 Å². The summed E-state index contributed by atoms with van der Waals surface area (Å²) in [5, 5.41) is 6.22. The molecule has 0 bridgehead atoms. The predicted octanol–water partition coefficient (Wildman–Crippen LogP) is 1.52. The quantitative estimate of drug-likeness (QED) is 0.587. The molecule has 1 unspecified atom stereocenters. The fourth-order valence-electron chi connectivity index (χ4n) is 2.96. The zero-order valence-electron chi connectivity index (χ0n) is 15.0. The Kier molecular flexibility index (Phi) is 6.64. The summed E-state index contributed by atoms with van der Waals surface area (Å²) in [6.45, 7) is 5.92. The topological polar surface area (TPSA) is 73.8 Å². The molecule has 0 aliphatic carbocycles. The number of halogens is 1. The monoisotopic (exact) mass is 370 g/mol. The Morgan fingerprint density at radius 2 is 2.08 bits per heavy atom. The lowest BCUT2D eigenvalue weighted by Crippen LogP contribution is -2.43. The van der Waals surface area contributed by atoms with Gasteiger partial charge in [-0.1, -0.05) is 6.07 Å².